The molecule has 5 heteroatoms. The third-order valence-corrected chi connectivity index (χ3v) is 1.33. The van der Waals surface area contributed by atoms with Gasteiger partial charge in [0, 0.05) is 0 Å². The number of carbonyl (C=O) groups excluding carboxylic acids is 2. The average Bonchev–Trinajstić information content (AvgIpc) is 2.13. The molecular formula is C11H17NO4. The number of nitrogens with one attached hydrogen (secondary N) is 1. The fourth-order valence-corrected chi connectivity index (χ4v) is 0.802. The molecule has 0 saturated carbocycles. The monoisotopic (exact) mass is 227 g/mol. The molecule has 0 aromatic carbocycles. The molecule has 0 saturated heterocycles. The number of allylic oxidation sites excluding steroid dienone is 2. The first-order valence-electron chi connectivity index (χ1n) is 4.71. The zero-order valence-electron chi connectivity index (χ0n) is 9.99. The predicted molar refractivity (Wildman–Crippen MR) is 59.7 cm³/mol. The van der Waals surface area contributed by atoms with E-state index in [1.807, 2.05) is 0 Å². The number of hydrogen-bond acceptors (Lipinski definition) is 4. The Morgan fingerprint density at radius 3 is 2.25 bits per heavy atom. The summed E-state index contributed by atoms with van der Waals surface area (Å²) in [6.07, 6.45) is 1.98. The third kappa shape index (κ3) is 5.85. The van der Waals surface area contributed by atoms with Crippen LogP contribution in [-0.4, -0.2) is 24.8 Å². The summed E-state index contributed by atoms with van der Waals surface area (Å²) >= 11 is 0. The van der Waals surface area contributed by atoms with Gasteiger partial charge in [-0.25, -0.2) is 9.59 Å². The van der Waals surface area contributed by atoms with E-state index in [1.54, 1.807) is 20.8 Å². The van der Waals surface area contributed by atoms with Crippen molar-refractivity contribution in [1.82, 2.24) is 5.32 Å². The Bertz CT molecular complexity index is 312. The minimum Gasteiger partial charge on any atom is -0.464 e. The Morgan fingerprint density at radius 2 is 1.88 bits per heavy atom. The highest BCUT2D eigenvalue weighted by atomic mass is 16.6. The summed E-state index contributed by atoms with van der Waals surface area (Å²) in [6.45, 7) is 8.59. The molecule has 1 amide bonds. The van der Waals surface area contributed by atoms with Gasteiger partial charge in [-0.15, -0.1) is 0 Å². The van der Waals surface area contributed by atoms with Crippen molar-refractivity contribution in [2.24, 2.45) is 0 Å². The molecule has 0 atom stereocenters. The van der Waals surface area contributed by atoms with Crippen molar-refractivity contribution < 1.29 is 19.1 Å². The van der Waals surface area contributed by atoms with Crippen molar-refractivity contribution in [3.63, 3.8) is 0 Å². The summed E-state index contributed by atoms with van der Waals surface area (Å²) in [5, 5.41) is 2.28. The van der Waals surface area contributed by atoms with Gasteiger partial charge in [0.05, 0.1) is 7.11 Å². The van der Waals surface area contributed by atoms with Crippen LogP contribution in [0.5, 0.6) is 0 Å². The Labute approximate surface area is 95.1 Å². The lowest BCUT2D eigenvalue weighted by molar-refractivity contribution is -0.136. The molecule has 0 aromatic heterocycles. The van der Waals surface area contributed by atoms with Gasteiger partial charge < -0.3 is 9.47 Å². The first-order valence-corrected chi connectivity index (χ1v) is 4.71. The van der Waals surface area contributed by atoms with Crippen LogP contribution in [0.4, 0.5) is 4.79 Å². The van der Waals surface area contributed by atoms with Gasteiger partial charge in [0.15, 0.2) is 0 Å². The van der Waals surface area contributed by atoms with Crippen LogP contribution in [0.15, 0.2) is 24.4 Å². The molecule has 0 aromatic rings. The molecule has 90 valence electrons. The average molecular weight is 227 g/mol. The lowest BCUT2D eigenvalue weighted by Crippen LogP contribution is -2.34. The number of esters is 1. The van der Waals surface area contributed by atoms with Gasteiger partial charge in [0.2, 0.25) is 0 Å². The van der Waals surface area contributed by atoms with E-state index in [2.05, 4.69) is 16.6 Å². The molecule has 0 spiro atoms. The van der Waals surface area contributed by atoms with Gasteiger partial charge in [-0.05, 0) is 26.8 Å². The normalized spacial score (nSPS) is 11.6. The Kier molecular flexibility index (Phi) is 5.29. The van der Waals surface area contributed by atoms with E-state index in [0.717, 1.165) is 0 Å². The van der Waals surface area contributed by atoms with Crippen molar-refractivity contribution in [3.05, 3.63) is 24.4 Å². The fraction of sp³-hybridized carbons (Fsp3) is 0.455. The van der Waals surface area contributed by atoms with Crippen molar-refractivity contribution >= 4 is 12.1 Å². The SMILES string of the molecule is C=C/C=C(/NC(=O)OC(C)(C)C)C(=O)OC. The number of amides is 1. The van der Waals surface area contributed by atoms with Crippen LogP contribution in [0.25, 0.3) is 0 Å². The summed E-state index contributed by atoms with van der Waals surface area (Å²) < 4.78 is 9.45. The molecule has 0 rings (SSSR count). The van der Waals surface area contributed by atoms with Gasteiger partial charge in [-0.1, -0.05) is 12.7 Å². The second-order valence-corrected chi connectivity index (χ2v) is 3.93. The van der Waals surface area contributed by atoms with E-state index in [0.29, 0.717) is 0 Å². The molecular weight excluding hydrogens is 210 g/mol. The Morgan fingerprint density at radius 1 is 1.31 bits per heavy atom. The molecule has 0 aliphatic rings. The van der Waals surface area contributed by atoms with E-state index >= 15 is 0 Å². The standard InChI is InChI=1S/C11H17NO4/c1-6-7-8(9(13)15-5)12-10(14)16-11(2,3)4/h6-7H,1H2,2-5H3,(H,12,14)/b8-7+. The second kappa shape index (κ2) is 5.95. The third-order valence-electron chi connectivity index (χ3n) is 1.33. The number of carbonyl (C=O) groups is 2. The summed E-state index contributed by atoms with van der Waals surface area (Å²) in [5.41, 5.74) is -0.647. The predicted octanol–water partition coefficient (Wildman–Crippen LogP) is 1.75. The van der Waals surface area contributed by atoms with Gasteiger partial charge in [-0.3, -0.25) is 5.32 Å². The van der Waals surface area contributed by atoms with Gasteiger partial charge in [-0.2, -0.15) is 0 Å². The van der Waals surface area contributed by atoms with Crippen LogP contribution in [0.2, 0.25) is 0 Å². The lowest BCUT2D eigenvalue weighted by atomic mass is 10.2. The Balaban J connectivity index is 4.54. The summed E-state index contributed by atoms with van der Waals surface area (Å²) in [4.78, 5) is 22.5. The van der Waals surface area contributed by atoms with E-state index < -0.39 is 17.7 Å². The molecule has 0 bridgehead atoms. The van der Waals surface area contributed by atoms with Crippen LogP contribution >= 0.6 is 0 Å². The van der Waals surface area contributed by atoms with E-state index in [1.165, 1.54) is 19.3 Å². The van der Waals surface area contributed by atoms with Gasteiger partial charge in [0.25, 0.3) is 0 Å². The maximum absolute atomic E-state index is 11.3. The van der Waals surface area contributed by atoms with Crippen LogP contribution in [0, 0.1) is 0 Å². The largest absolute Gasteiger partial charge is 0.464 e. The zero-order valence-corrected chi connectivity index (χ0v) is 9.99. The molecule has 5 nitrogen and oxygen atoms in total. The molecule has 0 heterocycles. The number of ether oxygens (including phenoxy) is 2. The van der Waals surface area contributed by atoms with Crippen molar-refractivity contribution in [1.29, 1.82) is 0 Å². The van der Waals surface area contributed by atoms with E-state index in [-0.39, 0.29) is 5.70 Å². The van der Waals surface area contributed by atoms with Gasteiger partial charge in [0.1, 0.15) is 11.3 Å². The zero-order chi connectivity index (χ0) is 12.8. The molecule has 0 aliphatic carbocycles. The number of rotatable bonds is 3. The number of alkyl carbamates (subject to hydrolysis) is 1. The molecule has 16 heavy (non-hydrogen) atoms. The molecule has 0 radical (unpaired) electrons. The first kappa shape index (κ1) is 14.2. The molecule has 0 unspecified atom stereocenters. The van der Waals surface area contributed by atoms with Crippen LogP contribution in [-0.2, 0) is 14.3 Å². The molecule has 0 aliphatic heterocycles. The number of hydrogen-bond donors (Lipinski definition) is 1. The summed E-state index contributed by atoms with van der Waals surface area (Å²) in [7, 11) is 1.22. The van der Waals surface area contributed by atoms with Crippen molar-refractivity contribution in [3.8, 4) is 0 Å². The highest BCUT2D eigenvalue weighted by molar-refractivity contribution is 5.92. The highest BCUT2D eigenvalue weighted by Gasteiger charge is 2.19. The minimum atomic E-state index is -0.717. The first-order chi connectivity index (χ1) is 7.30. The van der Waals surface area contributed by atoms with Crippen molar-refractivity contribution in [2.45, 2.75) is 26.4 Å². The van der Waals surface area contributed by atoms with Gasteiger partial charge >= 0.3 is 12.1 Å². The summed E-state index contributed by atoms with van der Waals surface area (Å²) in [5.74, 6) is -0.661. The smallest absolute Gasteiger partial charge is 0.412 e. The van der Waals surface area contributed by atoms with Crippen LogP contribution in [0.3, 0.4) is 0 Å². The van der Waals surface area contributed by atoms with Crippen molar-refractivity contribution in [2.75, 3.05) is 7.11 Å². The molecule has 0 fully saturated rings. The fourth-order valence-electron chi connectivity index (χ4n) is 0.802. The van der Waals surface area contributed by atoms with E-state index in [9.17, 15) is 9.59 Å². The maximum Gasteiger partial charge on any atom is 0.412 e. The highest BCUT2D eigenvalue weighted by Crippen LogP contribution is 2.07. The maximum atomic E-state index is 11.3. The van der Waals surface area contributed by atoms with Crippen LogP contribution in [0.1, 0.15) is 20.8 Å². The quantitative estimate of drug-likeness (QED) is 0.453. The van der Waals surface area contributed by atoms with E-state index in [4.69, 9.17) is 4.74 Å². The Hall–Kier alpha value is -1.78. The molecule has 1 N–H and O–H groups in total. The van der Waals surface area contributed by atoms with Crippen LogP contribution < -0.4 is 5.32 Å². The second-order valence-electron chi connectivity index (χ2n) is 3.93. The number of methoxy groups -OCH3 is 1. The minimum absolute atomic E-state index is 0.0215. The topological polar surface area (TPSA) is 64.6 Å². The lowest BCUT2D eigenvalue weighted by Gasteiger charge is -2.19. The summed E-state index contributed by atoms with van der Waals surface area (Å²) in [6, 6.07) is 0.